The summed E-state index contributed by atoms with van der Waals surface area (Å²) < 4.78 is 5.20. The molecule has 2 heteroatoms. The Morgan fingerprint density at radius 3 is 2.69 bits per heavy atom. The molecule has 0 aliphatic rings. The molecule has 0 aromatic heterocycles. The number of hydrogen-bond donors (Lipinski definition) is 1. The summed E-state index contributed by atoms with van der Waals surface area (Å²) >= 11 is 0. The average Bonchev–Trinajstić information content (AvgIpc) is 2.17. The van der Waals surface area contributed by atoms with Gasteiger partial charge in [0.1, 0.15) is 5.75 Å². The molecule has 1 unspecified atom stereocenters. The van der Waals surface area contributed by atoms with Crippen LogP contribution in [0.25, 0.3) is 0 Å². The van der Waals surface area contributed by atoms with Gasteiger partial charge in [-0.05, 0) is 24.1 Å². The second-order valence-electron chi connectivity index (χ2n) is 3.26. The highest BCUT2D eigenvalue weighted by molar-refractivity contribution is 5.40. The van der Waals surface area contributed by atoms with Crippen molar-refractivity contribution in [3.05, 3.63) is 29.3 Å². The van der Waals surface area contributed by atoms with Gasteiger partial charge in [-0.25, -0.2) is 0 Å². The Kier molecular flexibility index (Phi) is 3.32. The third-order valence-corrected chi connectivity index (χ3v) is 2.35. The Morgan fingerprint density at radius 2 is 2.15 bits per heavy atom. The van der Waals surface area contributed by atoms with Crippen LogP contribution >= 0.6 is 0 Å². The van der Waals surface area contributed by atoms with Gasteiger partial charge in [-0.1, -0.05) is 19.1 Å². The fourth-order valence-electron chi connectivity index (χ4n) is 1.48. The number of methoxy groups -OCH3 is 1. The van der Waals surface area contributed by atoms with E-state index in [9.17, 15) is 0 Å². The van der Waals surface area contributed by atoms with Crippen LogP contribution in [0.5, 0.6) is 5.75 Å². The first kappa shape index (κ1) is 10.1. The lowest BCUT2D eigenvalue weighted by molar-refractivity contribution is 0.272. The zero-order valence-electron chi connectivity index (χ0n) is 8.37. The van der Waals surface area contributed by atoms with Gasteiger partial charge in [-0.3, -0.25) is 0 Å². The summed E-state index contributed by atoms with van der Waals surface area (Å²) in [5.74, 6) is 1.06. The molecule has 2 nitrogen and oxygen atoms in total. The van der Waals surface area contributed by atoms with Crippen molar-refractivity contribution in [2.75, 3.05) is 13.7 Å². The van der Waals surface area contributed by atoms with Crippen molar-refractivity contribution in [3.8, 4) is 5.75 Å². The maximum absolute atomic E-state index is 9.04. The predicted octanol–water partition coefficient (Wildman–Crippen LogP) is 2.10. The molecule has 72 valence electrons. The molecule has 0 saturated carbocycles. The number of ether oxygens (including phenoxy) is 1. The van der Waals surface area contributed by atoms with Gasteiger partial charge in [-0.15, -0.1) is 0 Å². The van der Waals surface area contributed by atoms with Gasteiger partial charge < -0.3 is 9.84 Å². The van der Waals surface area contributed by atoms with E-state index in [-0.39, 0.29) is 12.5 Å². The van der Waals surface area contributed by atoms with E-state index in [1.807, 2.05) is 32.0 Å². The molecule has 0 heterocycles. The van der Waals surface area contributed by atoms with Crippen LogP contribution in [0.4, 0.5) is 0 Å². The number of aliphatic hydroxyl groups is 1. The highest BCUT2D eigenvalue weighted by Crippen LogP contribution is 2.26. The minimum Gasteiger partial charge on any atom is -0.496 e. The van der Waals surface area contributed by atoms with Crippen LogP contribution in [-0.2, 0) is 0 Å². The van der Waals surface area contributed by atoms with Gasteiger partial charge in [0.15, 0.2) is 0 Å². The van der Waals surface area contributed by atoms with Gasteiger partial charge in [0, 0.05) is 12.5 Å². The highest BCUT2D eigenvalue weighted by Gasteiger charge is 2.09. The average molecular weight is 180 g/mol. The molecule has 0 saturated heterocycles. The minimum atomic E-state index is 0.175. The van der Waals surface area contributed by atoms with E-state index in [4.69, 9.17) is 9.84 Å². The van der Waals surface area contributed by atoms with Gasteiger partial charge in [0.2, 0.25) is 0 Å². The Labute approximate surface area is 79.2 Å². The van der Waals surface area contributed by atoms with Crippen molar-refractivity contribution in [1.29, 1.82) is 0 Å². The van der Waals surface area contributed by atoms with Crippen LogP contribution in [0, 0.1) is 6.92 Å². The number of benzene rings is 1. The summed E-state index contributed by atoms with van der Waals surface area (Å²) in [4.78, 5) is 0. The van der Waals surface area contributed by atoms with Crippen LogP contribution in [0.3, 0.4) is 0 Å². The molecular weight excluding hydrogens is 164 g/mol. The third-order valence-electron chi connectivity index (χ3n) is 2.35. The lowest BCUT2D eigenvalue weighted by Gasteiger charge is -2.14. The van der Waals surface area contributed by atoms with Crippen molar-refractivity contribution in [2.24, 2.45) is 0 Å². The molecule has 0 fully saturated rings. The highest BCUT2D eigenvalue weighted by atomic mass is 16.5. The normalized spacial score (nSPS) is 12.6. The summed E-state index contributed by atoms with van der Waals surface area (Å²) in [6, 6.07) is 5.91. The molecular formula is C11H16O2. The quantitative estimate of drug-likeness (QED) is 0.771. The third kappa shape index (κ3) is 2.01. The zero-order chi connectivity index (χ0) is 9.84. The Hall–Kier alpha value is -1.02. The van der Waals surface area contributed by atoms with E-state index >= 15 is 0 Å². The van der Waals surface area contributed by atoms with E-state index in [1.54, 1.807) is 7.11 Å². The summed E-state index contributed by atoms with van der Waals surface area (Å²) in [5, 5.41) is 9.04. The Morgan fingerprint density at radius 1 is 1.46 bits per heavy atom. The first-order valence-corrected chi connectivity index (χ1v) is 4.45. The van der Waals surface area contributed by atoms with Gasteiger partial charge in [-0.2, -0.15) is 0 Å². The van der Waals surface area contributed by atoms with Crippen molar-refractivity contribution in [2.45, 2.75) is 19.8 Å². The Bertz CT molecular complexity index is 281. The van der Waals surface area contributed by atoms with Crippen LogP contribution < -0.4 is 4.74 Å². The molecule has 0 bridgehead atoms. The van der Waals surface area contributed by atoms with Crippen molar-refractivity contribution in [3.63, 3.8) is 0 Å². The summed E-state index contributed by atoms with van der Waals surface area (Å²) in [5.41, 5.74) is 2.27. The maximum atomic E-state index is 9.04. The Balaban J connectivity index is 3.08. The second-order valence-corrected chi connectivity index (χ2v) is 3.26. The molecule has 1 N–H and O–H groups in total. The molecule has 0 radical (unpaired) electrons. The summed E-state index contributed by atoms with van der Waals surface area (Å²) in [7, 11) is 1.66. The molecule has 0 spiro atoms. The molecule has 1 aromatic carbocycles. The standard InChI is InChI=1S/C11H16O2/c1-8(7-12)10-5-4-6-11(13-3)9(10)2/h4-6,8,12H,7H2,1-3H3. The fourth-order valence-corrected chi connectivity index (χ4v) is 1.48. The van der Waals surface area contributed by atoms with Crippen LogP contribution in [0.2, 0.25) is 0 Å². The van der Waals surface area contributed by atoms with E-state index in [0.717, 1.165) is 16.9 Å². The van der Waals surface area contributed by atoms with Gasteiger partial charge in [0.25, 0.3) is 0 Å². The minimum absolute atomic E-state index is 0.175. The molecule has 0 amide bonds. The lowest BCUT2D eigenvalue weighted by atomic mass is 9.97. The van der Waals surface area contributed by atoms with Gasteiger partial charge >= 0.3 is 0 Å². The van der Waals surface area contributed by atoms with Crippen molar-refractivity contribution in [1.82, 2.24) is 0 Å². The molecule has 1 atom stereocenters. The largest absolute Gasteiger partial charge is 0.496 e. The zero-order valence-corrected chi connectivity index (χ0v) is 8.37. The van der Waals surface area contributed by atoms with Crippen LogP contribution in [0.1, 0.15) is 24.0 Å². The number of rotatable bonds is 3. The molecule has 1 rings (SSSR count). The smallest absolute Gasteiger partial charge is 0.122 e. The lowest BCUT2D eigenvalue weighted by Crippen LogP contribution is -2.02. The number of aliphatic hydroxyl groups excluding tert-OH is 1. The van der Waals surface area contributed by atoms with E-state index in [2.05, 4.69) is 0 Å². The van der Waals surface area contributed by atoms with Crippen molar-refractivity contribution >= 4 is 0 Å². The SMILES string of the molecule is COc1cccc(C(C)CO)c1C. The maximum Gasteiger partial charge on any atom is 0.122 e. The first-order chi connectivity index (χ1) is 6.20. The fraction of sp³-hybridized carbons (Fsp3) is 0.455. The molecule has 0 aliphatic heterocycles. The second kappa shape index (κ2) is 4.28. The predicted molar refractivity (Wildman–Crippen MR) is 53.2 cm³/mol. The van der Waals surface area contributed by atoms with Crippen LogP contribution in [0.15, 0.2) is 18.2 Å². The van der Waals surface area contributed by atoms with E-state index in [0.29, 0.717) is 0 Å². The summed E-state index contributed by atoms with van der Waals surface area (Å²) in [6.07, 6.45) is 0. The summed E-state index contributed by atoms with van der Waals surface area (Å²) in [6.45, 7) is 4.19. The topological polar surface area (TPSA) is 29.5 Å². The first-order valence-electron chi connectivity index (χ1n) is 4.45. The molecule has 0 aliphatic carbocycles. The molecule has 13 heavy (non-hydrogen) atoms. The van der Waals surface area contributed by atoms with E-state index < -0.39 is 0 Å². The molecule has 1 aromatic rings. The number of hydrogen-bond acceptors (Lipinski definition) is 2. The van der Waals surface area contributed by atoms with Gasteiger partial charge in [0.05, 0.1) is 7.11 Å². The van der Waals surface area contributed by atoms with E-state index in [1.165, 1.54) is 0 Å². The monoisotopic (exact) mass is 180 g/mol. The van der Waals surface area contributed by atoms with Crippen LogP contribution in [-0.4, -0.2) is 18.8 Å². The van der Waals surface area contributed by atoms with Crippen molar-refractivity contribution < 1.29 is 9.84 Å².